The second-order valence-corrected chi connectivity index (χ2v) is 7.30. The maximum atomic E-state index is 12.4. The van der Waals surface area contributed by atoms with E-state index in [0.29, 0.717) is 16.9 Å². The van der Waals surface area contributed by atoms with Crippen LogP contribution in [0.5, 0.6) is 0 Å². The van der Waals surface area contributed by atoms with Gasteiger partial charge in [0.2, 0.25) is 5.91 Å². The van der Waals surface area contributed by atoms with Crippen molar-refractivity contribution in [3.05, 3.63) is 63.7 Å². The van der Waals surface area contributed by atoms with Gasteiger partial charge in [0.05, 0.1) is 16.5 Å². The summed E-state index contributed by atoms with van der Waals surface area (Å²) in [5.41, 5.74) is 2.36. The lowest BCUT2D eigenvalue weighted by Gasteiger charge is -2.17. The second-order valence-electron chi connectivity index (χ2n) is 7.30. The Kier molecular flexibility index (Phi) is 6.64. The van der Waals surface area contributed by atoms with Crippen LogP contribution in [0, 0.1) is 23.0 Å². The highest BCUT2D eigenvalue weighted by atomic mass is 16.6. The van der Waals surface area contributed by atoms with Crippen LogP contribution < -0.4 is 10.2 Å². The van der Waals surface area contributed by atoms with Gasteiger partial charge in [0.1, 0.15) is 0 Å². The summed E-state index contributed by atoms with van der Waals surface area (Å²) in [6, 6.07) is 11.8. The van der Waals surface area contributed by atoms with Gasteiger partial charge in [0.15, 0.2) is 6.61 Å². The fraction of sp³-hybridized carbons (Fsp3) is 0.318. The molecule has 1 saturated heterocycles. The van der Waals surface area contributed by atoms with Gasteiger partial charge in [-0.25, -0.2) is 0 Å². The van der Waals surface area contributed by atoms with Crippen LogP contribution >= 0.6 is 0 Å². The summed E-state index contributed by atoms with van der Waals surface area (Å²) in [6.07, 6.45) is 0.661. The van der Waals surface area contributed by atoms with Crippen molar-refractivity contribution >= 4 is 34.8 Å². The summed E-state index contributed by atoms with van der Waals surface area (Å²) < 4.78 is 5.11. The zero-order valence-corrected chi connectivity index (χ0v) is 17.3. The summed E-state index contributed by atoms with van der Waals surface area (Å²) >= 11 is 0. The van der Waals surface area contributed by atoms with Gasteiger partial charge in [-0.2, -0.15) is 0 Å². The number of nitro groups is 1. The molecule has 2 aromatic carbocycles. The van der Waals surface area contributed by atoms with Crippen molar-refractivity contribution in [3.63, 3.8) is 0 Å². The smallest absolute Gasteiger partial charge is 0.311 e. The van der Waals surface area contributed by atoms with E-state index in [1.54, 1.807) is 31.2 Å². The van der Waals surface area contributed by atoms with Crippen LogP contribution in [-0.2, 0) is 25.5 Å². The Balaban J connectivity index is 1.58. The van der Waals surface area contributed by atoms with Crippen LogP contribution in [0.1, 0.15) is 24.5 Å². The maximum absolute atomic E-state index is 12.4. The lowest BCUT2D eigenvalue weighted by Crippen LogP contribution is -2.28. The van der Waals surface area contributed by atoms with E-state index in [2.05, 4.69) is 5.32 Å². The molecule has 0 bridgehead atoms. The monoisotopic (exact) mass is 425 g/mol. The number of para-hydroxylation sites is 1. The van der Waals surface area contributed by atoms with E-state index in [4.69, 9.17) is 4.74 Å². The summed E-state index contributed by atoms with van der Waals surface area (Å²) in [5.74, 6) is -2.20. The van der Waals surface area contributed by atoms with E-state index in [1.165, 1.54) is 11.0 Å². The highest BCUT2D eigenvalue weighted by Crippen LogP contribution is 2.30. The van der Waals surface area contributed by atoms with Gasteiger partial charge < -0.3 is 15.0 Å². The normalized spacial score (nSPS) is 15.6. The predicted molar refractivity (Wildman–Crippen MR) is 114 cm³/mol. The van der Waals surface area contributed by atoms with Gasteiger partial charge in [0, 0.05) is 30.3 Å². The molecule has 2 amide bonds. The van der Waals surface area contributed by atoms with Crippen molar-refractivity contribution in [3.8, 4) is 0 Å². The van der Waals surface area contributed by atoms with E-state index < -0.39 is 29.3 Å². The molecular formula is C22H23N3O6. The Morgan fingerprint density at radius 1 is 1.26 bits per heavy atom. The molecule has 0 saturated carbocycles. The molecular weight excluding hydrogens is 402 g/mol. The number of hydrogen-bond acceptors (Lipinski definition) is 6. The van der Waals surface area contributed by atoms with E-state index >= 15 is 0 Å². The fourth-order valence-electron chi connectivity index (χ4n) is 3.47. The highest BCUT2D eigenvalue weighted by molar-refractivity contribution is 6.00. The van der Waals surface area contributed by atoms with Crippen LogP contribution in [0.2, 0.25) is 0 Å². The van der Waals surface area contributed by atoms with E-state index in [0.717, 1.165) is 12.0 Å². The number of hydrogen-bond donors (Lipinski definition) is 1. The predicted octanol–water partition coefficient (Wildman–Crippen LogP) is 3.00. The largest absolute Gasteiger partial charge is 0.455 e. The fourth-order valence-corrected chi connectivity index (χ4v) is 3.47. The molecule has 9 nitrogen and oxygen atoms in total. The van der Waals surface area contributed by atoms with Gasteiger partial charge in [0.25, 0.3) is 11.6 Å². The molecule has 9 heteroatoms. The van der Waals surface area contributed by atoms with Crippen molar-refractivity contribution in [2.24, 2.45) is 5.92 Å². The van der Waals surface area contributed by atoms with Crippen molar-refractivity contribution in [1.29, 1.82) is 0 Å². The van der Waals surface area contributed by atoms with Gasteiger partial charge in [-0.3, -0.25) is 24.5 Å². The van der Waals surface area contributed by atoms with Crippen molar-refractivity contribution < 1.29 is 24.0 Å². The summed E-state index contributed by atoms with van der Waals surface area (Å²) in [7, 11) is 0. The molecule has 0 radical (unpaired) electrons. The maximum Gasteiger partial charge on any atom is 0.311 e. The number of esters is 1. The third kappa shape index (κ3) is 5.06. The van der Waals surface area contributed by atoms with Gasteiger partial charge in [-0.15, -0.1) is 0 Å². The molecule has 0 aliphatic carbocycles. The average molecular weight is 425 g/mol. The molecule has 1 fully saturated rings. The zero-order valence-electron chi connectivity index (χ0n) is 17.3. The molecule has 31 heavy (non-hydrogen) atoms. The van der Waals surface area contributed by atoms with E-state index in [1.807, 2.05) is 19.1 Å². The SMILES string of the molecule is CCc1ccccc1NC(=O)COC(=O)[C@H]1CC(=O)N(c2ccc(C)c([N+](=O)[O-])c2)C1. The topological polar surface area (TPSA) is 119 Å². The Morgan fingerprint density at radius 2 is 2.00 bits per heavy atom. The number of nitrogens with zero attached hydrogens (tertiary/aromatic N) is 2. The molecule has 162 valence electrons. The minimum absolute atomic E-state index is 0.0399. The molecule has 2 aromatic rings. The molecule has 0 aromatic heterocycles. The molecule has 1 atom stereocenters. The molecule has 3 rings (SSSR count). The second kappa shape index (κ2) is 9.38. The number of carbonyl (C=O) groups is 3. The molecule has 1 aliphatic heterocycles. The van der Waals surface area contributed by atoms with Crippen LogP contribution in [-0.4, -0.2) is 35.9 Å². The minimum atomic E-state index is -0.747. The van der Waals surface area contributed by atoms with E-state index in [9.17, 15) is 24.5 Å². The van der Waals surface area contributed by atoms with E-state index in [-0.39, 0.29) is 24.6 Å². The molecule has 1 N–H and O–H groups in total. The first-order valence-corrected chi connectivity index (χ1v) is 9.90. The number of anilines is 2. The van der Waals surface area contributed by atoms with Crippen LogP contribution in [0.25, 0.3) is 0 Å². The Hall–Kier alpha value is -3.75. The highest BCUT2D eigenvalue weighted by Gasteiger charge is 2.37. The van der Waals surface area contributed by atoms with Gasteiger partial charge in [-0.05, 0) is 31.0 Å². The zero-order chi connectivity index (χ0) is 22.5. The van der Waals surface area contributed by atoms with Crippen LogP contribution in [0.15, 0.2) is 42.5 Å². The van der Waals surface area contributed by atoms with Crippen molar-refractivity contribution in [2.45, 2.75) is 26.7 Å². The number of nitro benzene ring substituents is 1. The standard InChI is InChI=1S/C22H23N3O6/c1-3-15-6-4-5-7-18(15)23-20(26)13-31-22(28)16-10-21(27)24(12-16)17-9-8-14(2)19(11-17)25(29)30/h4-9,11,16H,3,10,12-13H2,1-2H3,(H,23,26)/t16-/m0/s1. The number of carbonyl (C=O) groups excluding carboxylic acids is 3. The first kappa shape index (κ1) is 21.9. The lowest BCUT2D eigenvalue weighted by molar-refractivity contribution is -0.385. The number of aryl methyl sites for hydroxylation is 2. The molecule has 0 spiro atoms. The lowest BCUT2D eigenvalue weighted by atomic mass is 10.1. The molecule has 0 unspecified atom stereocenters. The van der Waals surface area contributed by atoms with Crippen LogP contribution in [0.3, 0.4) is 0 Å². The Bertz CT molecular complexity index is 1040. The summed E-state index contributed by atoms with van der Waals surface area (Å²) in [5, 5.41) is 13.9. The number of benzene rings is 2. The van der Waals surface area contributed by atoms with Gasteiger partial charge >= 0.3 is 5.97 Å². The third-order valence-corrected chi connectivity index (χ3v) is 5.18. The summed E-state index contributed by atoms with van der Waals surface area (Å²) in [6.45, 7) is 3.16. The summed E-state index contributed by atoms with van der Waals surface area (Å²) in [4.78, 5) is 48.9. The quantitative estimate of drug-likeness (QED) is 0.414. The molecule has 1 aliphatic rings. The molecule has 1 heterocycles. The average Bonchev–Trinajstić information content (AvgIpc) is 3.14. The Morgan fingerprint density at radius 3 is 2.71 bits per heavy atom. The minimum Gasteiger partial charge on any atom is -0.455 e. The van der Waals surface area contributed by atoms with Crippen molar-refractivity contribution in [1.82, 2.24) is 0 Å². The first-order valence-electron chi connectivity index (χ1n) is 9.90. The third-order valence-electron chi connectivity index (χ3n) is 5.18. The van der Waals surface area contributed by atoms with Crippen molar-refractivity contribution in [2.75, 3.05) is 23.4 Å². The number of nitrogens with one attached hydrogen (secondary N) is 1. The number of ether oxygens (including phenoxy) is 1. The number of amides is 2. The van der Waals surface area contributed by atoms with Crippen LogP contribution in [0.4, 0.5) is 17.1 Å². The van der Waals surface area contributed by atoms with Gasteiger partial charge in [-0.1, -0.05) is 31.2 Å². The first-order chi connectivity index (χ1) is 14.8. The number of rotatable bonds is 7. The Labute approximate surface area is 179 Å².